The normalized spacial score (nSPS) is 22.2. The maximum atomic E-state index is 14.8. The molecule has 0 spiro atoms. The third-order valence-corrected chi connectivity index (χ3v) is 13.4. The molecular formula is C43H44F4N6O7S. The summed E-state index contributed by atoms with van der Waals surface area (Å²) in [6.45, 7) is 7.06. The number of hydrogen-bond donors (Lipinski definition) is 3. The van der Waals surface area contributed by atoms with Gasteiger partial charge in [-0.2, -0.15) is 18.2 Å². The highest BCUT2D eigenvalue weighted by Crippen LogP contribution is 2.47. The molecule has 3 fully saturated rings. The van der Waals surface area contributed by atoms with Gasteiger partial charge < -0.3 is 24.7 Å². The van der Waals surface area contributed by atoms with Gasteiger partial charge in [0.25, 0.3) is 11.8 Å². The molecule has 2 saturated carbocycles. The molecule has 0 unspecified atom stereocenters. The lowest BCUT2D eigenvalue weighted by atomic mass is 9.85. The van der Waals surface area contributed by atoms with E-state index < -0.39 is 79.7 Å². The topological polar surface area (TPSA) is 173 Å². The lowest BCUT2D eigenvalue weighted by Gasteiger charge is -2.36. The molecule has 61 heavy (non-hydrogen) atoms. The molecule has 0 bridgehead atoms. The van der Waals surface area contributed by atoms with Crippen molar-refractivity contribution in [3.05, 3.63) is 84.2 Å². The first-order chi connectivity index (χ1) is 28.8. The fourth-order valence-corrected chi connectivity index (χ4v) is 9.33. The molecule has 3 aromatic carbocycles. The van der Waals surface area contributed by atoms with Crippen LogP contribution in [-0.2, 0) is 30.6 Å². The van der Waals surface area contributed by atoms with Gasteiger partial charge in [0.1, 0.15) is 40.6 Å². The molecule has 18 heteroatoms. The van der Waals surface area contributed by atoms with Crippen molar-refractivity contribution in [2.45, 2.75) is 95.0 Å². The minimum Gasteiger partial charge on any atom is -0.470 e. The van der Waals surface area contributed by atoms with Gasteiger partial charge in [0.2, 0.25) is 27.4 Å². The number of aromatic nitrogens is 2. The van der Waals surface area contributed by atoms with E-state index in [1.54, 1.807) is 51.1 Å². The minimum absolute atomic E-state index is 0.0311. The predicted molar refractivity (Wildman–Crippen MR) is 217 cm³/mol. The summed E-state index contributed by atoms with van der Waals surface area (Å²) in [5, 5.41) is 5.87. The first kappa shape index (κ1) is 41.9. The monoisotopic (exact) mass is 864 g/mol. The molecule has 2 aliphatic carbocycles. The fraction of sp³-hybridized carbons (Fsp3) is 0.419. The molecule has 322 valence electrons. The van der Waals surface area contributed by atoms with Crippen LogP contribution in [0.1, 0.15) is 65.4 Å². The van der Waals surface area contributed by atoms with Gasteiger partial charge in [-0.25, -0.2) is 17.8 Å². The van der Waals surface area contributed by atoms with E-state index in [9.17, 15) is 40.4 Å². The second-order valence-corrected chi connectivity index (χ2v) is 19.0. The summed E-state index contributed by atoms with van der Waals surface area (Å²) in [5.41, 5.74) is -1.74. The molecule has 3 N–H and O–H groups in total. The number of anilines is 1. The van der Waals surface area contributed by atoms with Gasteiger partial charge in [-0.3, -0.25) is 19.1 Å². The molecule has 3 amide bonds. The van der Waals surface area contributed by atoms with Crippen LogP contribution in [0, 0.1) is 17.2 Å². The third-order valence-electron chi connectivity index (χ3n) is 11.6. The summed E-state index contributed by atoms with van der Waals surface area (Å²) >= 11 is 0. The van der Waals surface area contributed by atoms with Gasteiger partial charge in [-0.15, -0.1) is 0 Å². The number of halogens is 4. The van der Waals surface area contributed by atoms with Gasteiger partial charge in [0.15, 0.2) is 5.82 Å². The largest absolute Gasteiger partial charge is 0.470 e. The lowest BCUT2D eigenvalue weighted by Crippen LogP contribution is -2.58. The Morgan fingerprint density at radius 1 is 1.00 bits per heavy atom. The van der Waals surface area contributed by atoms with E-state index in [0.717, 1.165) is 12.1 Å². The van der Waals surface area contributed by atoms with Crippen LogP contribution in [0.5, 0.6) is 5.88 Å². The highest BCUT2D eigenvalue weighted by Gasteiger charge is 2.62. The average molecular weight is 865 g/mol. The average Bonchev–Trinajstić information content (AvgIpc) is 4.11. The Kier molecular flexibility index (Phi) is 10.5. The summed E-state index contributed by atoms with van der Waals surface area (Å²) in [6.07, 6.45) is -4.13. The Morgan fingerprint density at radius 3 is 2.36 bits per heavy atom. The summed E-state index contributed by atoms with van der Waals surface area (Å²) in [5.74, 6) is -3.05. The highest BCUT2D eigenvalue weighted by molar-refractivity contribution is 7.91. The van der Waals surface area contributed by atoms with Crippen LogP contribution in [0.3, 0.4) is 0 Å². The van der Waals surface area contributed by atoms with Crippen molar-refractivity contribution in [3.8, 4) is 17.3 Å². The summed E-state index contributed by atoms with van der Waals surface area (Å²) in [6, 6.07) is 14.6. The van der Waals surface area contributed by atoms with Crippen molar-refractivity contribution in [1.29, 1.82) is 0 Å². The zero-order valence-corrected chi connectivity index (χ0v) is 34.5. The van der Waals surface area contributed by atoms with E-state index in [1.807, 2.05) is 6.92 Å². The molecule has 8 rings (SSSR count). The van der Waals surface area contributed by atoms with Gasteiger partial charge in [-0.05, 0) is 73.1 Å². The third kappa shape index (κ3) is 8.33. The molecule has 0 radical (unpaired) electrons. The number of fused-ring (bicyclic) bond motifs is 3. The summed E-state index contributed by atoms with van der Waals surface area (Å²) in [7, 11) is -3.95. The Balaban J connectivity index is 1.15. The van der Waals surface area contributed by atoms with Crippen LogP contribution in [0.4, 0.5) is 23.2 Å². The Hall–Kier alpha value is -5.78. The number of hydrogen-bond acceptors (Lipinski definition) is 10. The Bertz CT molecular complexity index is 2650. The number of ether oxygens (including phenoxy) is 1. The number of benzene rings is 3. The first-order valence-corrected chi connectivity index (χ1v) is 21.6. The molecular weight excluding hydrogens is 821 g/mol. The molecule has 13 nitrogen and oxygen atoms in total. The van der Waals surface area contributed by atoms with E-state index in [0.29, 0.717) is 41.4 Å². The van der Waals surface area contributed by atoms with E-state index in [-0.39, 0.29) is 48.2 Å². The van der Waals surface area contributed by atoms with Crippen molar-refractivity contribution < 1.29 is 49.5 Å². The van der Waals surface area contributed by atoms with Gasteiger partial charge in [0.05, 0.1) is 17.4 Å². The molecule has 5 aromatic rings. The van der Waals surface area contributed by atoms with Crippen LogP contribution >= 0.6 is 0 Å². The molecule has 2 aromatic heterocycles. The lowest BCUT2D eigenvalue weighted by molar-refractivity contribution is -0.141. The van der Waals surface area contributed by atoms with Crippen LogP contribution in [0.15, 0.2) is 77.2 Å². The molecule has 3 heterocycles. The Labute approximate surface area is 348 Å². The number of para-hydroxylation sites is 1. The number of carbonyl (C=O) groups is 3. The SMILES string of the molecule is CC[C@@H]1C[C@]1(NC(=O)[C@@H]1C[C@@H](Oc2nc(-c3ccc(C(F)(F)F)cc3)nc3c2oc2ccccc23)CN1C(=O)[C@@H](Nc1cccc(F)c1)C(C)(C)C)C(=O)NS(=O)(=O)C1CC1. The van der Waals surface area contributed by atoms with Crippen molar-refractivity contribution in [1.82, 2.24) is 24.9 Å². The van der Waals surface area contributed by atoms with Crippen LogP contribution in [-0.4, -0.2) is 76.5 Å². The van der Waals surface area contributed by atoms with Gasteiger partial charge in [0, 0.05) is 23.1 Å². The van der Waals surface area contributed by atoms with Crippen molar-refractivity contribution in [3.63, 3.8) is 0 Å². The van der Waals surface area contributed by atoms with E-state index in [4.69, 9.17) is 9.15 Å². The smallest absolute Gasteiger partial charge is 0.416 e. The van der Waals surface area contributed by atoms with Crippen LogP contribution in [0.25, 0.3) is 33.5 Å². The number of rotatable bonds is 12. The zero-order valence-electron chi connectivity index (χ0n) is 33.7. The first-order valence-electron chi connectivity index (χ1n) is 20.0. The maximum absolute atomic E-state index is 14.8. The van der Waals surface area contributed by atoms with Crippen molar-refractivity contribution >= 4 is 55.5 Å². The minimum atomic E-state index is -4.57. The van der Waals surface area contributed by atoms with Crippen molar-refractivity contribution in [2.24, 2.45) is 11.3 Å². The quantitative estimate of drug-likeness (QED) is 0.111. The Morgan fingerprint density at radius 2 is 1.72 bits per heavy atom. The molecule has 1 aliphatic heterocycles. The summed E-state index contributed by atoms with van der Waals surface area (Å²) in [4.78, 5) is 53.6. The number of sulfonamides is 1. The zero-order chi connectivity index (χ0) is 43.6. The standard InChI is InChI=1S/C43H44F4N6O7S/c1-5-24-21-42(24,40(56)52-61(57,58)29-17-18-29)51-37(54)31-20-28(22-53(31)39(55)35(41(2,3)4)48-27-10-8-9-26(44)19-27)59-38-34-33(30-11-6-7-12-32(30)60-34)49-36(50-38)23-13-15-25(16-14-23)43(45,46)47/h6-16,19,24,28-29,31,35,48H,5,17-18,20-22H2,1-4H3,(H,51,54)(H,52,56)/t24-,28-,31+,35-,42-/m1/s1. The number of likely N-dealkylation sites (tertiary alicyclic amines) is 1. The number of furan rings is 1. The van der Waals surface area contributed by atoms with E-state index in [1.165, 1.54) is 35.2 Å². The second kappa shape index (κ2) is 15.3. The van der Waals surface area contributed by atoms with Gasteiger partial charge in [-0.1, -0.05) is 64.4 Å². The number of amides is 3. The molecule has 3 aliphatic rings. The predicted octanol–water partition coefficient (Wildman–Crippen LogP) is 6.97. The fourth-order valence-electron chi connectivity index (χ4n) is 7.97. The van der Waals surface area contributed by atoms with E-state index in [2.05, 4.69) is 25.3 Å². The maximum Gasteiger partial charge on any atom is 0.416 e. The van der Waals surface area contributed by atoms with Gasteiger partial charge >= 0.3 is 6.18 Å². The second-order valence-electron chi connectivity index (χ2n) is 17.1. The van der Waals surface area contributed by atoms with Crippen LogP contribution < -0.4 is 20.1 Å². The molecule has 5 atom stereocenters. The summed E-state index contributed by atoms with van der Waals surface area (Å²) < 4.78 is 95.2. The van der Waals surface area contributed by atoms with Crippen LogP contribution in [0.2, 0.25) is 0 Å². The molecule has 1 saturated heterocycles. The number of alkyl halides is 3. The van der Waals surface area contributed by atoms with E-state index >= 15 is 0 Å². The highest BCUT2D eigenvalue weighted by atomic mass is 32.2. The van der Waals surface area contributed by atoms with Crippen molar-refractivity contribution in [2.75, 3.05) is 11.9 Å². The number of nitrogens with zero attached hydrogens (tertiary/aromatic N) is 3. The number of nitrogens with one attached hydrogen (secondary N) is 3. The number of carbonyl (C=O) groups excluding carboxylic acids is 3.